The summed E-state index contributed by atoms with van der Waals surface area (Å²) < 4.78 is 4.91. The maximum absolute atomic E-state index is 3.90. The summed E-state index contributed by atoms with van der Waals surface area (Å²) in [6, 6.07) is 70.1. The molecule has 0 radical (unpaired) electrons. The van der Waals surface area contributed by atoms with Crippen LogP contribution in [0.1, 0.15) is 22.3 Å². The zero-order valence-corrected chi connectivity index (χ0v) is 28.9. The Morgan fingerprint density at radius 1 is 0.396 bits per heavy atom. The number of hydrogen-bond donors (Lipinski definition) is 0. The number of benzene rings is 8. The SMILES string of the molecule is C(#CC1(c2ccccc2)c2ccccc2-c2ccc(-n3c4ccccc4c4ccc5c(c6ccccc6n5-c5ccccc5)c43)cc21)c1ccccc1. The first kappa shape index (κ1) is 29.6. The molecule has 0 spiro atoms. The first-order valence-corrected chi connectivity index (χ1v) is 18.2. The van der Waals surface area contributed by atoms with Crippen LogP contribution >= 0.6 is 0 Å². The van der Waals surface area contributed by atoms with E-state index in [-0.39, 0.29) is 0 Å². The van der Waals surface area contributed by atoms with E-state index >= 15 is 0 Å². The average Bonchev–Trinajstić information content (AvgIpc) is 3.85. The van der Waals surface area contributed by atoms with Gasteiger partial charge < -0.3 is 9.13 Å². The third-order valence-corrected chi connectivity index (χ3v) is 11.1. The van der Waals surface area contributed by atoms with Gasteiger partial charge in [-0.1, -0.05) is 151 Å². The van der Waals surface area contributed by atoms with E-state index in [1.54, 1.807) is 0 Å². The third-order valence-electron chi connectivity index (χ3n) is 11.1. The Balaban J connectivity index is 1.26. The maximum atomic E-state index is 3.90. The van der Waals surface area contributed by atoms with Crippen LogP contribution in [0.2, 0.25) is 0 Å². The Labute approximate surface area is 307 Å². The molecule has 2 heteroatoms. The Morgan fingerprint density at radius 2 is 1.02 bits per heavy atom. The number of aromatic nitrogens is 2. The van der Waals surface area contributed by atoms with Crippen LogP contribution in [-0.4, -0.2) is 9.13 Å². The highest BCUT2D eigenvalue weighted by atomic mass is 15.0. The van der Waals surface area contributed by atoms with Crippen molar-refractivity contribution in [2.75, 3.05) is 0 Å². The summed E-state index contributed by atoms with van der Waals surface area (Å²) in [5, 5.41) is 4.97. The van der Waals surface area contributed by atoms with Gasteiger partial charge in [-0.15, -0.1) is 0 Å². The summed E-state index contributed by atoms with van der Waals surface area (Å²) >= 11 is 0. The molecule has 0 saturated carbocycles. The van der Waals surface area contributed by atoms with Gasteiger partial charge in [0.15, 0.2) is 0 Å². The van der Waals surface area contributed by atoms with Gasteiger partial charge in [-0.2, -0.15) is 0 Å². The van der Waals surface area contributed by atoms with E-state index in [1.165, 1.54) is 71.4 Å². The fourth-order valence-electron chi connectivity index (χ4n) is 8.93. The molecular formula is C51H32N2. The molecule has 0 fully saturated rings. The molecule has 0 saturated heterocycles. The Kier molecular flexibility index (Phi) is 6.41. The fourth-order valence-corrected chi connectivity index (χ4v) is 8.93. The van der Waals surface area contributed by atoms with Crippen molar-refractivity contribution in [2.45, 2.75) is 5.41 Å². The van der Waals surface area contributed by atoms with E-state index in [0.29, 0.717) is 0 Å². The predicted octanol–water partition coefficient (Wildman–Crippen LogP) is 12.2. The smallest absolute Gasteiger partial charge is 0.108 e. The standard InChI is InChI=1S/C51H32N2/c1-4-16-35(17-5-1)32-33-51(36-18-6-2-7-19-36)44-25-13-10-22-39(44)40-29-28-38(34-45(40)51)53-46-26-14-11-23-41(46)42-30-31-48-49(50(42)53)43-24-12-15-27-47(43)52(48)37-20-8-3-9-21-37/h1-31,34H. The van der Waals surface area contributed by atoms with Crippen molar-refractivity contribution in [3.05, 3.63) is 216 Å². The molecule has 2 nitrogen and oxygen atoms in total. The number of fused-ring (bicyclic) bond motifs is 10. The Morgan fingerprint density at radius 3 is 1.81 bits per heavy atom. The van der Waals surface area contributed by atoms with Gasteiger partial charge in [0.2, 0.25) is 0 Å². The molecule has 2 aromatic heterocycles. The lowest BCUT2D eigenvalue weighted by molar-refractivity contribution is 0.835. The molecule has 8 aromatic carbocycles. The van der Waals surface area contributed by atoms with Gasteiger partial charge in [0.05, 0.1) is 22.1 Å². The highest BCUT2D eigenvalue weighted by molar-refractivity contribution is 6.26. The fraction of sp³-hybridized carbons (Fsp3) is 0.0196. The molecule has 10 aromatic rings. The summed E-state index contributed by atoms with van der Waals surface area (Å²) in [6.45, 7) is 0. The molecule has 0 aliphatic heterocycles. The van der Waals surface area contributed by atoms with Gasteiger partial charge in [0.25, 0.3) is 0 Å². The normalized spacial score (nSPS) is 14.7. The van der Waals surface area contributed by atoms with Gasteiger partial charge in [-0.3, -0.25) is 0 Å². The van der Waals surface area contributed by atoms with Crippen LogP contribution in [0, 0.1) is 11.8 Å². The maximum Gasteiger partial charge on any atom is 0.108 e. The second-order valence-electron chi connectivity index (χ2n) is 13.9. The number of rotatable bonds is 3. The average molecular weight is 673 g/mol. The minimum Gasteiger partial charge on any atom is -0.309 e. The lowest BCUT2D eigenvalue weighted by Gasteiger charge is -2.28. The van der Waals surface area contributed by atoms with Crippen LogP contribution < -0.4 is 0 Å². The molecule has 53 heavy (non-hydrogen) atoms. The molecular weight excluding hydrogens is 641 g/mol. The zero-order chi connectivity index (χ0) is 34.9. The summed E-state index contributed by atoms with van der Waals surface area (Å²) in [7, 11) is 0. The van der Waals surface area contributed by atoms with E-state index in [0.717, 1.165) is 16.9 Å². The van der Waals surface area contributed by atoms with Gasteiger partial charge in [-0.05, 0) is 82.4 Å². The first-order valence-electron chi connectivity index (χ1n) is 18.2. The Bertz CT molecular complexity index is 3100. The van der Waals surface area contributed by atoms with Crippen LogP contribution in [0.25, 0.3) is 66.1 Å². The molecule has 2 heterocycles. The van der Waals surface area contributed by atoms with Crippen molar-refractivity contribution in [1.29, 1.82) is 0 Å². The molecule has 1 atom stereocenters. The number of para-hydroxylation sites is 3. The topological polar surface area (TPSA) is 9.86 Å². The second-order valence-corrected chi connectivity index (χ2v) is 13.9. The molecule has 11 rings (SSSR count). The van der Waals surface area contributed by atoms with Gasteiger partial charge in [0, 0.05) is 38.5 Å². The lowest BCUT2D eigenvalue weighted by atomic mass is 9.73. The summed E-state index contributed by atoms with van der Waals surface area (Å²) in [5.74, 6) is 7.52. The van der Waals surface area contributed by atoms with E-state index in [4.69, 9.17) is 0 Å². The van der Waals surface area contributed by atoms with Crippen molar-refractivity contribution in [3.8, 4) is 34.3 Å². The van der Waals surface area contributed by atoms with Crippen LogP contribution in [0.5, 0.6) is 0 Å². The number of nitrogens with zero attached hydrogens (tertiary/aromatic N) is 2. The number of hydrogen-bond acceptors (Lipinski definition) is 0. The van der Waals surface area contributed by atoms with Crippen molar-refractivity contribution in [1.82, 2.24) is 9.13 Å². The molecule has 0 bridgehead atoms. The van der Waals surface area contributed by atoms with E-state index < -0.39 is 5.41 Å². The molecule has 1 unspecified atom stereocenters. The van der Waals surface area contributed by atoms with Gasteiger partial charge in [0.1, 0.15) is 5.41 Å². The largest absolute Gasteiger partial charge is 0.309 e. The van der Waals surface area contributed by atoms with Crippen molar-refractivity contribution < 1.29 is 0 Å². The minimum absolute atomic E-state index is 0.670. The van der Waals surface area contributed by atoms with Crippen LogP contribution in [0.3, 0.4) is 0 Å². The molecule has 246 valence electrons. The summed E-state index contributed by atoms with van der Waals surface area (Å²) in [5.41, 5.74) is 13.4. The van der Waals surface area contributed by atoms with Gasteiger partial charge >= 0.3 is 0 Å². The van der Waals surface area contributed by atoms with Crippen molar-refractivity contribution in [2.24, 2.45) is 0 Å². The molecule has 1 aliphatic carbocycles. The van der Waals surface area contributed by atoms with E-state index in [1.807, 2.05) is 6.07 Å². The quantitative estimate of drug-likeness (QED) is 0.165. The zero-order valence-electron chi connectivity index (χ0n) is 28.9. The van der Waals surface area contributed by atoms with E-state index in [2.05, 4.69) is 209 Å². The first-order chi connectivity index (χ1) is 26.3. The highest BCUT2D eigenvalue weighted by Gasteiger charge is 2.44. The highest BCUT2D eigenvalue weighted by Crippen LogP contribution is 2.53. The minimum atomic E-state index is -0.670. The van der Waals surface area contributed by atoms with Crippen molar-refractivity contribution >= 4 is 43.6 Å². The lowest BCUT2D eigenvalue weighted by Crippen LogP contribution is -2.25. The molecule has 1 aliphatic rings. The summed E-state index contributed by atoms with van der Waals surface area (Å²) in [4.78, 5) is 0. The second kappa shape index (κ2) is 11.5. The van der Waals surface area contributed by atoms with Crippen LogP contribution in [-0.2, 0) is 5.41 Å². The van der Waals surface area contributed by atoms with Crippen LogP contribution in [0.15, 0.2) is 194 Å². The van der Waals surface area contributed by atoms with Crippen LogP contribution in [0.4, 0.5) is 0 Å². The monoisotopic (exact) mass is 672 g/mol. The molecule has 0 N–H and O–H groups in total. The van der Waals surface area contributed by atoms with E-state index in [9.17, 15) is 0 Å². The third kappa shape index (κ3) is 4.23. The predicted molar refractivity (Wildman–Crippen MR) is 220 cm³/mol. The van der Waals surface area contributed by atoms with Gasteiger partial charge in [-0.25, -0.2) is 0 Å². The molecule has 0 amide bonds. The van der Waals surface area contributed by atoms with Crippen molar-refractivity contribution in [3.63, 3.8) is 0 Å². The summed E-state index contributed by atoms with van der Waals surface area (Å²) in [6.07, 6.45) is 0. The Hall–Kier alpha value is -7.08.